The van der Waals surface area contributed by atoms with E-state index in [0.717, 1.165) is 7.11 Å². The van der Waals surface area contributed by atoms with Crippen molar-refractivity contribution in [2.45, 2.75) is 26.5 Å². The molecule has 1 aliphatic rings. The van der Waals surface area contributed by atoms with Crippen LogP contribution in [0.2, 0.25) is 0 Å². The molecule has 0 bridgehead atoms. The summed E-state index contributed by atoms with van der Waals surface area (Å²) in [4.78, 5) is 24.2. The van der Waals surface area contributed by atoms with Gasteiger partial charge in [0.1, 0.15) is 0 Å². The van der Waals surface area contributed by atoms with E-state index in [1.807, 2.05) is 0 Å². The molecule has 1 aromatic carbocycles. The molecule has 27 heavy (non-hydrogen) atoms. The van der Waals surface area contributed by atoms with Crippen LogP contribution in [0.25, 0.3) is 0 Å². The van der Waals surface area contributed by atoms with Crippen LogP contribution in [-0.4, -0.2) is 37.2 Å². The number of Topliss-reactive ketones (excluding diaryl/α,β-unsaturated/α-hetero) is 1. The van der Waals surface area contributed by atoms with Gasteiger partial charge in [-0.3, -0.25) is 4.79 Å². The minimum atomic E-state index is -3.02. The summed E-state index contributed by atoms with van der Waals surface area (Å²) in [5.74, 6) is -1.96. The predicted molar refractivity (Wildman–Crippen MR) is 95.6 cm³/mol. The van der Waals surface area contributed by atoms with Gasteiger partial charge in [-0.15, -0.1) is 0 Å². The maximum atomic E-state index is 12.6. The summed E-state index contributed by atoms with van der Waals surface area (Å²) in [6.45, 7) is 0.476. The number of rotatable bonds is 7. The Labute approximate surface area is 159 Å². The third-order valence-corrected chi connectivity index (χ3v) is 3.92. The van der Waals surface area contributed by atoms with Crippen molar-refractivity contribution in [1.82, 2.24) is 10.6 Å². The minimum absolute atomic E-state index is 0.0732. The highest BCUT2D eigenvalue weighted by Crippen LogP contribution is 2.35. The Morgan fingerprint density at radius 3 is 2.59 bits per heavy atom. The summed E-state index contributed by atoms with van der Waals surface area (Å²) in [6, 6.07) is 3.42. The molecule has 0 fully saturated rings. The summed E-state index contributed by atoms with van der Waals surface area (Å²) >= 11 is 5.12. The molecule has 1 heterocycles. The Bertz CT molecular complexity index is 798. The van der Waals surface area contributed by atoms with Gasteiger partial charge in [-0.2, -0.15) is 8.78 Å². The van der Waals surface area contributed by atoms with Gasteiger partial charge in [0.2, 0.25) is 0 Å². The predicted octanol–water partition coefficient (Wildman–Crippen LogP) is 2.22. The fraction of sp³-hybridized carbons (Fsp3) is 0.353. The molecule has 0 amide bonds. The van der Waals surface area contributed by atoms with E-state index < -0.39 is 24.4 Å². The van der Waals surface area contributed by atoms with Gasteiger partial charge in [0, 0.05) is 5.70 Å². The van der Waals surface area contributed by atoms with Crippen LogP contribution < -0.4 is 20.1 Å². The van der Waals surface area contributed by atoms with Crippen molar-refractivity contribution in [3.63, 3.8) is 0 Å². The van der Waals surface area contributed by atoms with Crippen LogP contribution in [0.1, 0.15) is 25.5 Å². The molecule has 7 nitrogen and oxygen atoms in total. The summed E-state index contributed by atoms with van der Waals surface area (Å²) in [7, 11) is 1.10. The number of hydrogen-bond donors (Lipinski definition) is 2. The van der Waals surface area contributed by atoms with Gasteiger partial charge < -0.3 is 24.8 Å². The number of carbonyl (C=O) groups excluding carboxylic acids is 2. The number of carbonyl (C=O) groups is 2. The molecule has 0 spiro atoms. The maximum Gasteiger partial charge on any atom is 0.387 e. The molecule has 0 saturated heterocycles. The lowest BCUT2D eigenvalue weighted by Crippen LogP contribution is -2.46. The number of nitrogens with one attached hydrogen (secondary N) is 2. The Balaban J connectivity index is 2.50. The lowest BCUT2D eigenvalue weighted by molar-refractivity contribution is -0.150. The van der Waals surface area contributed by atoms with Crippen LogP contribution in [-0.2, 0) is 14.3 Å². The molecule has 1 atom stereocenters. The van der Waals surface area contributed by atoms with Gasteiger partial charge >= 0.3 is 12.6 Å². The summed E-state index contributed by atoms with van der Waals surface area (Å²) in [6.07, 6.45) is 0. The standard InChI is InChI=1S/C17H18F2N2O5S/c1-4-25-11-7-9(5-6-10(11)26-16(18)19)13-12(14(22)15(23)24-3)8(2)20-17(27)21-13/h5-7,13,16H,4H2,1-3H3,(H2,20,21,27)/t13-/m0/s1. The normalized spacial score (nSPS) is 16.5. The van der Waals surface area contributed by atoms with Gasteiger partial charge in [0.25, 0.3) is 5.78 Å². The maximum absolute atomic E-state index is 12.6. The number of esters is 1. The number of ether oxygens (including phenoxy) is 3. The molecule has 0 aromatic heterocycles. The largest absolute Gasteiger partial charge is 0.490 e. The smallest absolute Gasteiger partial charge is 0.387 e. The molecular weight excluding hydrogens is 382 g/mol. The monoisotopic (exact) mass is 400 g/mol. The molecule has 2 rings (SSSR count). The number of thiocarbonyl (C=S) groups is 1. The van der Waals surface area contributed by atoms with Crippen molar-refractivity contribution >= 4 is 29.1 Å². The first kappa shape index (κ1) is 20.6. The number of allylic oxidation sites excluding steroid dienone is 1. The van der Waals surface area contributed by atoms with Gasteiger partial charge in [0.05, 0.1) is 25.3 Å². The van der Waals surface area contributed by atoms with E-state index in [1.54, 1.807) is 13.8 Å². The van der Waals surface area contributed by atoms with Gasteiger partial charge in [-0.25, -0.2) is 4.79 Å². The van der Waals surface area contributed by atoms with Crippen LogP contribution in [0.3, 0.4) is 0 Å². The van der Waals surface area contributed by atoms with E-state index in [-0.39, 0.29) is 28.8 Å². The summed E-state index contributed by atoms with van der Waals surface area (Å²) in [5.41, 5.74) is 0.945. The number of benzene rings is 1. The van der Waals surface area contributed by atoms with E-state index >= 15 is 0 Å². The van der Waals surface area contributed by atoms with Crippen molar-refractivity contribution < 1.29 is 32.6 Å². The van der Waals surface area contributed by atoms with Crippen molar-refractivity contribution in [2.75, 3.05) is 13.7 Å². The summed E-state index contributed by atoms with van der Waals surface area (Å²) in [5, 5.41) is 5.91. The van der Waals surface area contributed by atoms with E-state index in [4.69, 9.17) is 17.0 Å². The zero-order chi connectivity index (χ0) is 20.1. The minimum Gasteiger partial charge on any atom is -0.490 e. The SMILES string of the molecule is CCOc1cc([C@@H]2NC(=S)NC(C)=C2C(=O)C(=O)OC)ccc1OC(F)F. The molecule has 0 unspecified atom stereocenters. The molecule has 1 aromatic rings. The zero-order valence-electron chi connectivity index (χ0n) is 14.8. The van der Waals surface area contributed by atoms with Crippen molar-refractivity contribution in [1.29, 1.82) is 0 Å². The first-order valence-corrected chi connectivity index (χ1v) is 8.31. The molecule has 10 heteroatoms. The quantitative estimate of drug-likeness (QED) is 0.409. The zero-order valence-corrected chi connectivity index (χ0v) is 15.6. The Morgan fingerprint density at radius 1 is 1.30 bits per heavy atom. The van der Waals surface area contributed by atoms with E-state index in [0.29, 0.717) is 11.3 Å². The fourth-order valence-corrected chi connectivity index (χ4v) is 2.88. The second-order valence-electron chi connectivity index (χ2n) is 5.41. The van der Waals surface area contributed by atoms with E-state index in [1.165, 1.54) is 18.2 Å². The third kappa shape index (κ3) is 4.70. The first-order valence-electron chi connectivity index (χ1n) is 7.90. The van der Waals surface area contributed by atoms with Crippen LogP contribution >= 0.6 is 12.2 Å². The highest BCUT2D eigenvalue weighted by atomic mass is 32.1. The third-order valence-electron chi connectivity index (χ3n) is 3.70. The molecule has 0 radical (unpaired) electrons. The van der Waals surface area contributed by atoms with Gasteiger partial charge in [-0.05, 0) is 43.8 Å². The second kappa shape index (κ2) is 8.76. The molecule has 1 aliphatic heterocycles. The van der Waals surface area contributed by atoms with Crippen molar-refractivity contribution in [3.8, 4) is 11.5 Å². The first-order chi connectivity index (χ1) is 12.8. The number of alkyl halides is 2. The lowest BCUT2D eigenvalue weighted by atomic mass is 9.92. The Kier molecular flexibility index (Phi) is 6.67. The molecule has 2 N–H and O–H groups in total. The molecule has 0 saturated carbocycles. The highest BCUT2D eigenvalue weighted by Gasteiger charge is 2.34. The van der Waals surface area contributed by atoms with Crippen LogP contribution in [0.4, 0.5) is 8.78 Å². The van der Waals surface area contributed by atoms with Gasteiger partial charge in [-0.1, -0.05) is 6.07 Å². The van der Waals surface area contributed by atoms with Gasteiger partial charge in [0.15, 0.2) is 16.6 Å². The Morgan fingerprint density at radius 2 is 2.00 bits per heavy atom. The Hall–Kier alpha value is -2.75. The van der Waals surface area contributed by atoms with Crippen LogP contribution in [0.5, 0.6) is 11.5 Å². The molecule has 146 valence electrons. The number of halogens is 2. The average Bonchev–Trinajstić information content (AvgIpc) is 2.61. The lowest BCUT2D eigenvalue weighted by Gasteiger charge is -2.30. The van der Waals surface area contributed by atoms with E-state index in [2.05, 4.69) is 20.1 Å². The number of methoxy groups -OCH3 is 1. The van der Waals surface area contributed by atoms with Crippen LogP contribution in [0.15, 0.2) is 29.5 Å². The second-order valence-corrected chi connectivity index (χ2v) is 5.82. The topological polar surface area (TPSA) is 85.9 Å². The molecular formula is C17H18F2N2O5S. The van der Waals surface area contributed by atoms with Crippen molar-refractivity contribution in [2.24, 2.45) is 0 Å². The molecule has 0 aliphatic carbocycles. The number of ketones is 1. The fourth-order valence-electron chi connectivity index (χ4n) is 2.61. The van der Waals surface area contributed by atoms with E-state index in [9.17, 15) is 18.4 Å². The summed E-state index contributed by atoms with van der Waals surface area (Å²) < 4.78 is 39.5. The highest BCUT2D eigenvalue weighted by molar-refractivity contribution is 7.80. The average molecular weight is 400 g/mol. The van der Waals surface area contributed by atoms with Crippen LogP contribution in [0, 0.1) is 0 Å². The van der Waals surface area contributed by atoms with Crippen molar-refractivity contribution in [3.05, 3.63) is 35.0 Å². The number of hydrogen-bond acceptors (Lipinski definition) is 6.